The zero-order valence-electron chi connectivity index (χ0n) is 10.3. The number of aromatic nitrogens is 3. The van der Waals surface area contributed by atoms with Crippen molar-refractivity contribution in [3.05, 3.63) is 0 Å². The third-order valence-electron chi connectivity index (χ3n) is 3.07. The topological polar surface area (TPSA) is 118 Å². The number of hydrazine groups is 1. The largest absolute Gasteiger partial charge is 0.467 e. The van der Waals surface area contributed by atoms with Crippen LogP contribution in [0.1, 0.15) is 19.3 Å². The molecule has 1 aliphatic rings. The number of anilines is 2. The second kappa shape index (κ2) is 5.78. The molecule has 1 fully saturated rings. The third kappa shape index (κ3) is 2.96. The van der Waals surface area contributed by atoms with Crippen LogP contribution in [0, 0.1) is 5.92 Å². The zero-order valence-corrected chi connectivity index (χ0v) is 10.3. The Balaban J connectivity index is 1.99. The summed E-state index contributed by atoms with van der Waals surface area (Å²) in [4.78, 5) is 12.0. The van der Waals surface area contributed by atoms with Crippen LogP contribution >= 0.6 is 0 Å². The number of ether oxygens (including phenoxy) is 1. The molecule has 8 nitrogen and oxygen atoms in total. The van der Waals surface area contributed by atoms with Gasteiger partial charge in [-0.2, -0.15) is 15.0 Å². The van der Waals surface area contributed by atoms with Gasteiger partial charge in [-0.1, -0.05) is 6.42 Å². The van der Waals surface area contributed by atoms with E-state index >= 15 is 0 Å². The van der Waals surface area contributed by atoms with Crippen molar-refractivity contribution in [3.63, 3.8) is 0 Å². The Morgan fingerprint density at radius 3 is 2.72 bits per heavy atom. The minimum atomic E-state index is -0.242. The van der Waals surface area contributed by atoms with Gasteiger partial charge >= 0.3 is 6.01 Å². The first-order chi connectivity index (χ1) is 8.72. The minimum Gasteiger partial charge on any atom is -0.467 e. The Kier molecular flexibility index (Phi) is 4.11. The first-order valence-electron chi connectivity index (χ1n) is 5.91. The normalized spacial score (nSPS) is 22.8. The fourth-order valence-corrected chi connectivity index (χ4v) is 2.07. The van der Waals surface area contributed by atoms with E-state index in [0.717, 1.165) is 19.3 Å². The molecule has 2 unspecified atom stereocenters. The number of nitrogens with one attached hydrogen (secondary N) is 2. The fourth-order valence-electron chi connectivity index (χ4n) is 2.07. The quantitative estimate of drug-likeness (QED) is 0.419. The summed E-state index contributed by atoms with van der Waals surface area (Å²) >= 11 is 0. The van der Waals surface area contributed by atoms with Crippen LogP contribution in [0.4, 0.5) is 11.9 Å². The number of nitrogen functional groups attached to an aromatic ring is 1. The molecule has 0 saturated heterocycles. The van der Waals surface area contributed by atoms with Crippen LogP contribution < -0.4 is 21.3 Å². The molecule has 2 rings (SSSR count). The van der Waals surface area contributed by atoms with Gasteiger partial charge in [-0.15, -0.1) is 0 Å². The summed E-state index contributed by atoms with van der Waals surface area (Å²) in [6, 6.07) is 0.187. The lowest BCUT2D eigenvalue weighted by Gasteiger charge is -2.15. The maximum atomic E-state index is 9.72. The highest BCUT2D eigenvalue weighted by molar-refractivity contribution is 5.34. The molecule has 0 spiro atoms. The van der Waals surface area contributed by atoms with Gasteiger partial charge in [0.2, 0.25) is 11.9 Å². The van der Waals surface area contributed by atoms with Crippen LogP contribution in [0.2, 0.25) is 0 Å². The average molecular weight is 254 g/mol. The first-order valence-corrected chi connectivity index (χ1v) is 5.91. The van der Waals surface area contributed by atoms with Gasteiger partial charge in [0, 0.05) is 12.5 Å². The maximum absolute atomic E-state index is 9.72. The SMILES string of the molecule is COc1nc(NN)nc(NCC2CCCC2O)n1. The van der Waals surface area contributed by atoms with Crippen LogP contribution in [0.5, 0.6) is 6.01 Å². The lowest BCUT2D eigenvalue weighted by Crippen LogP contribution is -2.23. The molecule has 8 heteroatoms. The number of methoxy groups -OCH3 is 1. The number of aliphatic hydroxyl groups excluding tert-OH is 1. The Morgan fingerprint density at radius 1 is 1.33 bits per heavy atom. The van der Waals surface area contributed by atoms with E-state index in [-0.39, 0.29) is 24.0 Å². The van der Waals surface area contributed by atoms with Gasteiger partial charge in [0.1, 0.15) is 0 Å². The molecule has 0 bridgehead atoms. The van der Waals surface area contributed by atoms with Gasteiger partial charge in [0.05, 0.1) is 13.2 Å². The summed E-state index contributed by atoms with van der Waals surface area (Å²) in [5.41, 5.74) is 2.35. The molecule has 1 heterocycles. The molecule has 100 valence electrons. The molecule has 1 aliphatic carbocycles. The van der Waals surface area contributed by atoms with E-state index < -0.39 is 0 Å². The molecule has 2 atom stereocenters. The monoisotopic (exact) mass is 254 g/mol. The molecule has 0 aliphatic heterocycles. The second-order valence-corrected chi connectivity index (χ2v) is 4.25. The molecule has 5 N–H and O–H groups in total. The molecular weight excluding hydrogens is 236 g/mol. The number of nitrogens with zero attached hydrogens (tertiary/aromatic N) is 3. The lowest BCUT2D eigenvalue weighted by atomic mass is 10.1. The Bertz CT molecular complexity index is 380. The van der Waals surface area contributed by atoms with Crippen molar-refractivity contribution in [2.24, 2.45) is 11.8 Å². The highest BCUT2D eigenvalue weighted by atomic mass is 16.5. The van der Waals surface area contributed by atoms with Crippen LogP contribution in [0.25, 0.3) is 0 Å². The zero-order chi connectivity index (χ0) is 13.0. The van der Waals surface area contributed by atoms with Gasteiger partial charge in [-0.05, 0) is 12.8 Å². The van der Waals surface area contributed by atoms with E-state index in [9.17, 15) is 5.11 Å². The van der Waals surface area contributed by atoms with Crippen molar-refractivity contribution in [2.75, 3.05) is 24.4 Å². The van der Waals surface area contributed by atoms with E-state index in [0.29, 0.717) is 12.5 Å². The Hall–Kier alpha value is -1.67. The summed E-state index contributed by atoms with van der Waals surface area (Å²) in [5, 5.41) is 12.8. The van der Waals surface area contributed by atoms with Crippen molar-refractivity contribution in [1.29, 1.82) is 0 Å². The standard InChI is InChI=1S/C10H18N6O2/c1-18-10-14-8(13-9(15-10)16-11)12-5-6-3-2-4-7(6)17/h6-7,17H,2-5,11H2,1H3,(H2,12,13,14,15,16). The van der Waals surface area contributed by atoms with Crippen LogP contribution in [0.3, 0.4) is 0 Å². The number of nitrogens with two attached hydrogens (primary N) is 1. The smallest absolute Gasteiger partial charge is 0.322 e. The molecule has 18 heavy (non-hydrogen) atoms. The predicted octanol–water partition coefficient (Wildman–Crippen LogP) is -0.261. The van der Waals surface area contributed by atoms with Gasteiger partial charge in [0.25, 0.3) is 0 Å². The predicted molar refractivity (Wildman–Crippen MR) is 66.0 cm³/mol. The van der Waals surface area contributed by atoms with Crippen LogP contribution in [-0.4, -0.2) is 39.8 Å². The van der Waals surface area contributed by atoms with Crippen molar-refractivity contribution < 1.29 is 9.84 Å². The van der Waals surface area contributed by atoms with Gasteiger partial charge in [-0.3, -0.25) is 5.43 Å². The van der Waals surface area contributed by atoms with Crippen LogP contribution in [0.15, 0.2) is 0 Å². The number of rotatable bonds is 5. The Morgan fingerprint density at radius 2 is 2.11 bits per heavy atom. The van der Waals surface area contributed by atoms with Crippen molar-refractivity contribution in [1.82, 2.24) is 15.0 Å². The summed E-state index contributed by atoms with van der Waals surface area (Å²) in [5.74, 6) is 6.11. The van der Waals surface area contributed by atoms with Crippen molar-refractivity contribution in [2.45, 2.75) is 25.4 Å². The highest BCUT2D eigenvalue weighted by Crippen LogP contribution is 2.25. The average Bonchev–Trinajstić information content (AvgIpc) is 2.81. The van der Waals surface area contributed by atoms with E-state index in [2.05, 4.69) is 25.7 Å². The number of aliphatic hydroxyl groups is 1. The molecule has 0 amide bonds. The van der Waals surface area contributed by atoms with Crippen LogP contribution in [-0.2, 0) is 0 Å². The first kappa shape index (κ1) is 12.8. The summed E-state index contributed by atoms with van der Waals surface area (Å²) < 4.78 is 4.94. The van der Waals surface area contributed by atoms with Crippen molar-refractivity contribution in [3.8, 4) is 6.01 Å². The molecule has 0 radical (unpaired) electrons. The summed E-state index contributed by atoms with van der Waals surface area (Å²) in [6.07, 6.45) is 2.69. The highest BCUT2D eigenvalue weighted by Gasteiger charge is 2.25. The van der Waals surface area contributed by atoms with Gasteiger partial charge < -0.3 is 15.2 Å². The summed E-state index contributed by atoms with van der Waals surface area (Å²) in [7, 11) is 1.47. The number of hydrogen-bond donors (Lipinski definition) is 4. The van der Waals surface area contributed by atoms with Crippen molar-refractivity contribution >= 4 is 11.9 Å². The van der Waals surface area contributed by atoms with Gasteiger partial charge in [-0.25, -0.2) is 5.84 Å². The minimum absolute atomic E-state index is 0.187. The molecule has 1 aromatic heterocycles. The van der Waals surface area contributed by atoms with E-state index in [1.807, 2.05) is 0 Å². The number of hydrogen-bond acceptors (Lipinski definition) is 8. The molecule has 1 saturated carbocycles. The van der Waals surface area contributed by atoms with E-state index in [1.165, 1.54) is 7.11 Å². The molecule has 0 aromatic carbocycles. The second-order valence-electron chi connectivity index (χ2n) is 4.25. The Labute approximate surface area is 105 Å². The van der Waals surface area contributed by atoms with Gasteiger partial charge in [0.15, 0.2) is 0 Å². The fraction of sp³-hybridized carbons (Fsp3) is 0.700. The molecule has 1 aromatic rings. The lowest BCUT2D eigenvalue weighted by molar-refractivity contribution is 0.138. The van der Waals surface area contributed by atoms with E-state index in [4.69, 9.17) is 10.6 Å². The molecular formula is C10H18N6O2. The third-order valence-corrected chi connectivity index (χ3v) is 3.07. The maximum Gasteiger partial charge on any atom is 0.322 e. The summed E-state index contributed by atoms with van der Waals surface area (Å²) in [6.45, 7) is 0.623. The van der Waals surface area contributed by atoms with E-state index in [1.54, 1.807) is 0 Å².